The number of esters is 1. The number of carbonyl (C=O) groups is 2. The highest BCUT2D eigenvalue weighted by atomic mass is 32.2. The molecular weight excluding hydrogens is 386 g/mol. The molecule has 2 aliphatic rings. The number of rotatable bonds is 5. The Hall–Kier alpha value is -1.41. The molecule has 1 aliphatic heterocycles. The van der Waals surface area contributed by atoms with Crippen molar-refractivity contribution in [2.75, 3.05) is 18.1 Å². The van der Waals surface area contributed by atoms with Crippen LogP contribution in [0.5, 0.6) is 0 Å². The van der Waals surface area contributed by atoms with Gasteiger partial charge in [0, 0.05) is 17.5 Å². The number of hydrogen-bond acceptors (Lipinski definition) is 6. The Morgan fingerprint density at radius 1 is 1.30 bits per heavy atom. The molecule has 1 fully saturated rings. The molecular formula is C19H27NO5S2. The summed E-state index contributed by atoms with van der Waals surface area (Å²) in [4.78, 5) is 28.6. The molecule has 8 heteroatoms. The van der Waals surface area contributed by atoms with Gasteiger partial charge in [-0.25, -0.2) is 13.2 Å². The first-order valence-corrected chi connectivity index (χ1v) is 12.3. The lowest BCUT2D eigenvalue weighted by molar-refractivity contribution is -0.141. The smallest absolute Gasteiger partial charge is 0.349 e. The van der Waals surface area contributed by atoms with Gasteiger partial charge >= 0.3 is 5.97 Å². The van der Waals surface area contributed by atoms with Gasteiger partial charge in [-0.3, -0.25) is 4.79 Å². The van der Waals surface area contributed by atoms with Crippen molar-refractivity contribution in [3.8, 4) is 0 Å². The Morgan fingerprint density at radius 2 is 2.04 bits per heavy atom. The summed E-state index contributed by atoms with van der Waals surface area (Å²) in [6.45, 7) is 3.77. The van der Waals surface area contributed by atoms with E-state index in [0.717, 1.165) is 25.7 Å². The van der Waals surface area contributed by atoms with E-state index in [-0.39, 0.29) is 23.5 Å². The van der Waals surface area contributed by atoms with E-state index in [0.29, 0.717) is 17.8 Å². The monoisotopic (exact) mass is 413 g/mol. The Balaban J connectivity index is 1.64. The molecule has 6 nitrogen and oxygen atoms in total. The molecule has 0 aromatic carbocycles. The van der Waals surface area contributed by atoms with E-state index < -0.39 is 21.9 Å². The number of amides is 1. The number of ether oxygens (including phenoxy) is 1. The van der Waals surface area contributed by atoms with Gasteiger partial charge in [0.2, 0.25) is 0 Å². The van der Waals surface area contributed by atoms with Gasteiger partial charge in [0.15, 0.2) is 15.9 Å². The normalized spacial score (nSPS) is 22.5. The third kappa shape index (κ3) is 4.71. The third-order valence-corrected chi connectivity index (χ3v) is 8.32. The number of fused-ring (bicyclic) bond motifs is 1. The van der Waals surface area contributed by atoms with Crippen molar-refractivity contribution in [3.63, 3.8) is 0 Å². The van der Waals surface area contributed by atoms with Gasteiger partial charge in [-0.2, -0.15) is 0 Å². The number of aryl methyl sites for hydroxylation is 2. The van der Waals surface area contributed by atoms with Gasteiger partial charge < -0.3 is 9.64 Å². The van der Waals surface area contributed by atoms with Gasteiger partial charge in [0.1, 0.15) is 4.88 Å². The Bertz CT molecular complexity index is 791. The number of sulfone groups is 1. The molecule has 2 heterocycles. The van der Waals surface area contributed by atoms with Crippen LogP contribution in [0.1, 0.15) is 59.6 Å². The van der Waals surface area contributed by atoms with Crippen LogP contribution >= 0.6 is 11.3 Å². The van der Waals surface area contributed by atoms with Crippen molar-refractivity contribution in [1.82, 2.24) is 4.90 Å². The summed E-state index contributed by atoms with van der Waals surface area (Å²) >= 11 is 1.47. The lowest BCUT2D eigenvalue weighted by Gasteiger charge is -2.29. The zero-order valence-electron chi connectivity index (χ0n) is 15.9. The largest absolute Gasteiger partial charge is 0.448 e. The van der Waals surface area contributed by atoms with E-state index in [1.807, 2.05) is 13.0 Å². The summed E-state index contributed by atoms with van der Waals surface area (Å²) in [5.74, 6) is -0.698. The van der Waals surface area contributed by atoms with Crippen LogP contribution in [0.2, 0.25) is 0 Å². The highest BCUT2D eigenvalue weighted by Gasteiger charge is 2.36. The van der Waals surface area contributed by atoms with Gasteiger partial charge in [-0.1, -0.05) is 6.42 Å². The second-order valence-corrected chi connectivity index (χ2v) is 10.7. The van der Waals surface area contributed by atoms with E-state index in [2.05, 4.69) is 0 Å². The minimum atomic E-state index is -3.08. The van der Waals surface area contributed by atoms with Crippen LogP contribution < -0.4 is 0 Å². The number of carbonyl (C=O) groups excluding carboxylic acids is 2. The Kier molecular flexibility index (Phi) is 6.25. The molecule has 1 aliphatic carbocycles. The second-order valence-electron chi connectivity index (χ2n) is 7.35. The summed E-state index contributed by atoms with van der Waals surface area (Å²) in [6, 6.07) is 1.58. The maximum Gasteiger partial charge on any atom is 0.349 e. The van der Waals surface area contributed by atoms with Gasteiger partial charge in [-0.05, 0) is 57.6 Å². The van der Waals surface area contributed by atoms with Crippen LogP contribution in [-0.4, -0.2) is 55.4 Å². The van der Waals surface area contributed by atoms with Gasteiger partial charge in [0.25, 0.3) is 5.91 Å². The highest BCUT2D eigenvalue weighted by Crippen LogP contribution is 2.29. The van der Waals surface area contributed by atoms with Gasteiger partial charge in [-0.15, -0.1) is 11.3 Å². The number of hydrogen-bond donors (Lipinski definition) is 0. The molecule has 2 atom stereocenters. The molecule has 0 spiro atoms. The Morgan fingerprint density at radius 3 is 2.70 bits per heavy atom. The van der Waals surface area contributed by atoms with Crippen LogP contribution in [0, 0.1) is 0 Å². The lowest BCUT2D eigenvalue weighted by atomic mass is 10.1. The average Bonchev–Trinajstić information content (AvgIpc) is 3.11. The van der Waals surface area contributed by atoms with Crippen molar-refractivity contribution < 1.29 is 22.7 Å². The molecule has 0 saturated carbocycles. The quantitative estimate of drug-likeness (QED) is 0.547. The van der Waals surface area contributed by atoms with Crippen molar-refractivity contribution in [2.45, 2.75) is 64.5 Å². The predicted octanol–water partition coefficient (Wildman–Crippen LogP) is 2.60. The van der Waals surface area contributed by atoms with Crippen molar-refractivity contribution in [3.05, 3.63) is 21.4 Å². The zero-order valence-corrected chi connectivity index (χ0v) is 17.5. The van der Waals surface area contributed by atoms with Crippen LogP contribution in [0.4, 0.5) is 0 Å². The fourth-order valence-corrected chi connectivity index (χ4v) is 6.75. The minimum Gasteiger partial charge on any atom is -0.448 e. The van der Waals surface area contributed by atoms with Crippen LogP contribution in [-0.2, 0) is 32.2 Å². The summed E-state index contributed by atoms with van der Waals surface area (Å²) in [5.41, 5.74) is 1.23. The van der Waals surface area contributed by atoms with E-state index in [1.54, 1.807) is 6.92 Å². The first-order valence-electron chi connectivity index (χ1n) is 9.64. The maximum atomic E-state index is 12.7. The molecule has 27 heavy (non-hydrogen) atoms. The molecule has 0 radical (unpaired) electrons. The van der Waals surface area contributed by atoms with Crippen molar-refractivity contribution >= 4 is 33.1 Å². The molecule has 1 amide bonds. The third-order valence-electron chi connectivity index (χ3n) is 5.35. The summed E-state index contributed by atoms with van der Waals surface area (Å²) in [6.07, 6.45) is 5.02. The predicted molar refractivity (Wildman–Crippen MR) is 105 cm³/mol. The first kappa shape index (κ1) is 20.3. The number of thiophene rings is 1. The van der Waals surface area contributed by atoms with Crippen LogP contribution in [0.25, 0.3) is 0 Å². The summed E-state index contributed by atoms with van der Waals surface area (Å²) in [5, 5.41) is 0. The van der Waals surface area contributed by atoms with E-state index in [4.69, 9.17) is 4.74 Å². The maximum absolute atomic E-state index is 12.7. The molecule has 3 rings (SSSR count). The summed E-state index contributed by atoms with van der Waals surface area (Å²) < 4.78 is 28.9. The number of nitrogens with zero attached hydrogens (tertiary/aromatic N) is 1. The van der Waals surface area contributed by atoms with Crippen molar-refractivity contribution in [1.29, 1.82) is 0 Å². The molecule has 1 aromatic heterocycles. The molecule has 150 valence electrons. The molecule has 0 bridgehead atoms. The highest BCUT2D eigenvalue weighted by molar-refractivity contribution is 7.91. The summed E-state index contributed by atoms with van der Waals surface area (Å²) in [7, 11) is -3.08. The molecule has 1 saturated heterocycles. The zero-order chi connectivity index (χ0) is 19.6. The van der Waals surface area contributed by atoms with Crippen LogP contribution in [0.3, 0.4) is 0 Å². The standard InChI is InChI=1S/C19H27NO5S2/c1-3-20(15-9-10-27(23,24)12-15)18(21)13(2)25-19(22)17-11-14-7-5-4-6-8-16(14)26-17/h11,13,15H,3-10,12H2,1-2H3/t13-,15-/m1/s1. The van der Waals surface area contributed by atoms with Gasteiger partial charge in [0.05, 0.1) is 11.5 Å². The minimum absolute atomic E-state index is 0.00904. The molecule has 0 N–H and O–H groups in total. The van der Waals surface area contributed by atoms with Crippen molar-refractivity contribution in [2.24, 2.45) is 0 Å². The van der Waals surface area contributed by atoms with Crippen LogP contribution in [0.15, 0.2) is 6.07 Å². The lowest BCUT2D eigenvalue weighted by Crippen LogP contribution is -2.46. The van der Waals surface area contributed by atoms with E-state index in [1.165, 1.54) is 33.1 Å². The number of likely N-dealkylation sites (N-methyl/N-ethyl adjacent to an activating group) is 1. The molecule has 0 unspecified atom stereocenters. The molecule has 1 aromatic rings. The fourth-order valence-electron chi connectivity index (χ4n) is 3.89. The van der Waals surface area contributed by atoms with E-state index >= 15 is 0 Å². The van der Waals surface area contributed by atoms with E-state index in [9.17, 15) is 18.0 Å². The topological polar surface area (TPSA) is 80.8 Å². The average molecular weight is 414 g/mol. The Labute approximate surface area is 164 Å². The second kappa shape index (κ2) is 8.31. The SMILES string of the molecule is CCN(C(=O)[C@@H](C)OC(=O)c1cc2c(s1)CCCCC2)[C@@H]1CCS(=O)(=O)C1. The first-order chi connectivity index (χ1) is 12.8. The fraction of sp³-hybridized carbons (Fsp3) is 0.684.